The van der Waals surface area contributed by atoms with E-state index in [1.165, 1.54) is 30.5 Å². The van der Waals surface area contributed by atoms with Gasteiger partial charge in [0.2, 0.25) is 10.0 Å². The number of hydrogen-bond donors (Lipinski definition) is 2. The third kappa shape index (κ3) is 5.17. The predicted molar refractivity (Wildman–Crippen MR) is 98.7 cm³/mol. The highest BCUT2D eigenvalue weighted by Crippen LogP contribution is 2.27. The lowest BCUT2D eigenvalue weighted by Gasteiger charge is -2.03. The van der Waals surface area contributed by atoms with Crippen molar-refractivity contribution < 1.29 is 18.3 Å². The molecule has 0 amide bonds. The van der Waals surface area contributed by atoms with Crippen molar-refractivity contribution >= 4 is 39.4 Å². The van der Waals surface area contributed by atoms with E-state index < -0.39 is 30.5 Å². The fourth-order valence-corrected chi connectivity index (χ4v) is 2.56. The van der Waals surface area contributed by atoms with Crippen LogP contribution in [0.1, 0.15) is 5.56 Å². The number of rotatable bonds is 7. The molecule has 0 aliphatic carbocycles. The molecule has 2 aromatic rings. The molecule has 0 aromatic heterocycles. The first kappa shape index (κ1) is 19.7. The molecule has 0 unspecified atom stereocenters. The van der Waals surface area contributed by atoms with E-state index in [1.807, 2.05) is 0 Å². The summed E-state index contributed by atoms with van der Waals surface area (Å²) in [5.74, 6) is 0. The van der Waals surface area contributed by atoms with E-state index in [-0.39, 0.29) is 11.4 Å². The number of primary sulfonamides is 1. The molecule has 0 saturated carbocycles. The monoisotopic (exact) mass is 391 g/mol. The third-order valence-electron chi connectivity index (χ3n) is 3.25. The molecule has 140 valence electrons. The molecule has 3 N–H and O–H groups in total. The highest BCUT2D eigenvalue weighted by Gasteiger charge is 2.18. The third-order valence-corrected chi connectivity index (χ3v) is 4.16. The lowest BCUT2D eigenvalue weighted by atomic mass is 10.2. The largest absolute Gasteiger partial charge is 0.295 e. The molecule has 0 heterocycles. The van der Waals surface area contributed by atoms with Crippen molar-refractivity contribution in [3.63, 3.8) is 0 Å². The molecule has 11 nitrogen and oxygen atoms in total. The summed E-state index contributed by atoms with van der Waals surface area (Å²) < 4.78 is 22.6. The quantitative estimate of drug-likeness (QED) is 0.414. The number of sulfonamides is 1. The van der Waals surface area contributed by atoms with Crippen LogP contribution in [0, 0.1) is 20.2 Å². The minimum Gasteiger partial charge on any atom is -0.272 e. The number of nitro groups is 2. The summed E-state index contributed by atoms with van der Waals surface area (Å²) in [6.07, 6.45) is 4.08. The summed E-state index contributed by atoms with van der Waals surface area (Å²) in [6.45, 7) is 0. The van der Waals surface area contributed by atoms with E-state index in [2.05, 4.69) is 10.5 Å². The zero-order valence-electron chi connectivity index (χ0n) is 13.6. The van der Waals surface area contributed by atoms with E-state index in [0.29, 0.717) is 5.56 Å². The molecule has 0 aliphatic heterocycles. The Bertz CT molecular complexity index is 1050. The van der Waals surface area contributed by atoms with Gasteiger partial charge >= 0.3 is 0 Å². The summed E-state index contributed by atoms with van der Waals surface area (Å²) in [7, 11) is -4.08. The molecular formula is C15H13N5O6S. The summed E-state index contributed by atoms with van der Waals surface area (Å²) in [6, 6.07) is 9.15. The molecule has 0 spiro atoms. The molecule has 27 heavy (non-hydrogen) atoms. The highest BCUT2D eigenvalue weighted by atomic mass is 32.2. The lowest BCUT2D eigenvalue weighted by molar-refractivity contribution is -0.385. The molecule has 0 saturated heterocycles. The average Bonchev–Trinajstić information content (AvgIpc) is 2.60. The Morgan fingerprint density at radius 1 is 1.04 bits per heavy atom. The number of hydrogen-bond acceptors (Lipinski definition) is 8. The zero-order valence-corrected chi connectivity index (χ0v) is 14.4. The average molecular weight is 391 g/mol. The number of para-hydroxylation sites is 1. The normalized spacial score (nSPS) is 11.7. The highest BCUT2D eigenvalue weighted by molar-refractivity contribution is 7.89. The van der Waals surface area contributed by atoms with Crippen molar-refractivity contribution in [3.8, 4) is 0 Å². The molecule has 12 heteroatoms. The number of hydrazone groups is 1. The maximum atomic E-state index is 11.3. The van der Waals surface area contributed by atoms with Crippen LogP contribution in [0.25, 0.3) is 6.08 Å². The van der Waals surface area contributed by atoms with Gasteiger partial charge in [-0.2, -0.15) is 5.10 Å². The fraction of sp³-hybridized carbons (Fsp3) is 0. The summed E-state index contributed by atoms with van der Waals surface area (Å²) in [5.41, 5.74) is 2.10. The second-order valence-corrected chi connectivity index (χ2v) is 6.61. The van der Waals surface area contributed by atoms with Crippen molar-refractivity contribution in [2.75, 3.05) is 5.43 Å². The predicted octanol–water partition coefficient (Wildman–Crippen LogP) is 2.26. The summed E-state index contributed by atoms with van der Waals surface area (Å²) >= 11 is 0. The van der Waals surface area contributed by atoms with Crippen LogP contribution in [-0.2, 0) is 10.0 Å². The van der Waals surface area contributed by atoms with Crippen LogP contribution < -0.4 is 10.6 Å². The minimum atomic E-state index is -4.08. The zero-order chi connectivity index (χ0) is 20.0. The van der Waals surface area contributed by atoms with Gasteiger partial charge in [0, 0.05) is 18.3 Å². The molecule has 0 bridgehead atoms. The van der Waals surface area contributed by atoms with Crippen molar-refractivity contribution in [1.29, 1.82) is 0 Å². The van der Waals surface area contributed by atoms with Gasteiger partial charge in [0.1, 0.15) is 5.69 Å². The van der Waals surface area contributed by atoms with Crippen LogP contribution in [0.2, 0.25) is 0 Å². The van der Waals surface area contributed by atoms with Crippen LogP contribution >= 0.6 is 0 Å². The van der Waals surface area contributed by atoms with Crippen molar-refractivity contribution in [1.82, 2.24) is 0 Å². The van der Waals surface area contributed by atoms with Gasteiger partial charge in [-0.05, 0) is 30.4 Å². The van der Waals surface area contributed by atoms with Gasteiger partial charge < -0.3 is 0 Å². The molecule has 0 aliphatic rings. The van der Waals surface area contributed by atoms with Crippen molar-refractivity contribution in [3.05, 3.63) is 74.3 Å². The number of allylic oxidation sites excluding steroid dienone is 1. The first-order valence-electron chi connectivity index (χ1n) is 7.20. The van der Waals surface area contributed by atoms with Gasteiger partial charge in [-0.3, -0.25) is 25.7 Å². The van der Waals surface area contributed by atoms with Crippen LogP contribution in [0.15, 0.2) is 58.5 Å². The Morgan fingerprint density at radius 2 is 1.70 bits per heavy atom. The van der Waals surface area contributed by atoms with Crippen LogP contribution in [0.4, 0.5) is 17.1 Å². The van der Waals surface area contributed by atoms with Crippen LogP contribution in [0.5, 0.6) is 0 Å². The Labute approximate surface area is 153 Å². The van der Waals surface area contributed by atoms with Gasteiger partial charge in [0.15, 0.2) is 0 Å². The van der Waals surface area contributed by atoms with Gasteiger partial charge in [0.25, 0.3) is 11.4 Å². The Balaban J connectivity index is 2.17. The van der Waals surface area contributed by atoms with Gasteiger partial charge in [-0.15, -0.1) is 0 Å². The minimum absolute atomic E-state index is 0.0530. The first-order chi connectivity index (χ1) is 12.7. The second kappa shape index (κ2) is 8.16. The van der Waals surface area contributed by atoms with Crippen molar-refractivity contribution in [2.45, 2.75) is 4.90 Å². The van der Waals surface area contributed by atoms with Gasteiger partial charge in [0.05, 0.1) is 20.3 Å². The lowest BCUT2D eigenvalue weighted by Crippen LogP contribution is -2.12. The number of nitrogens with zero attached hydrogens (tertiary/aromatic N) is 3. The number of anilines is 1. The first-order valence-corrected chi connectivity index (χ1v) is 8.75. The topological polar surface area (TPSA) is 171 Å². The summed E-state index contributed by atoms with van der Waals surface area (Å²) in [5, 5.41) is 30.7. The number of nitrogens with one attached hydrogen (secondary N) is 1. The maximum absolute atomic E-state index is 11.3. The molecule has 2 rings (SSSR count). The SMILES string of the molecule is NS(=O)(=O)c1ccc(NN=CC=Cc2ccccc2[N+](=O)[O-])c([N+](=O)[O-])c1. The van der Waals surface area contributed by atoms with E-state index >= 15 is 0 Å². The Morgan fingerprint density at radius 3 is 2.33 bits per heavy atom. The van der Waals surface area contributed by atoms with Crippen molar-refractivity contribution in [2.24, 2.45) is 10.2 Å². The van der Waals surface area contributed by atoms with Gasteiger partial charge in [-0.25, -0.2) is 13.6 Å². The Hall–Kier alpha value is -3.64. The van der Waals surface area contributed by atoms with Crippen LogP contribution in [-0.4, -0.2) is 24.5 Å². The molecule has 2 aromatic carbocycles. The molecular weight excluding hydrogens is 378 g/mol. The van der Waals surface area contributed by atoms with Crippen LogP contribution in [0.3, 0.4) is 0 Å². The second-order valence-electron chi connectivity index (χ2n) is 5.05. The fourth-order valence-electron chi connectivity index (χ4n) is 2.03. The smallest absolute Gasteiger partial charge is 0.272 e. The molecule has 0 fully saturated rings. The number of nitro benzene ring substituents is 2. The van der Waals surface area contributed by atoms with E-state index in [4.69, 9.17) is 5.14 Å². The number of benzene rings is 2. The standard InChI is InChI=1S/C15H13N5O6S/c16-27(25,26)12-7-8-13(15(10-12)20(23)24)18-17-9-3-5-11-4-1-2-6-14(11)19(21)22/h1-10,18H,(H2,16,25,26). The molecule has 0 atom stereocenters. The van der Waals surface area contributed by atoms with E-state index in [9.17, 15) is 28.6 Å². The van der Waals surface area contributed by atoms with E-state index in [1.54, 1.807) is 12.1 Å². The Kier molecular flexibility index (Phi) is 5.95. The number of nitrogens with two attached hydrogens (primary N) is 1. The molecule has 0 radical (unpaired) electrons. The van der Waals surface area contributed by atoms with E-state index in [0.717, 1.165) is 18.2 Å². The summed E-state index contributed by atoms with van der Waals surface area (Å²) in [4.78, 5) is 20.3. The van der Waals surface area contributed by atoms with Gasteiger partial charge in [-0.1, -0.05) is 12.1 Å². The maximum Gasteiger partial charge on any atom is 0.295 e.